The maximum absolute atomic E-state index is 12.8. The van der Waals surface area contributed by atoms with Crippen LogP contribution in [0.2, 0.25) is 0 Å². The zero-order valence-electron chi connectivity index (χ0n) is 11.7. The van der Waals surface area contributed by atoms with E-state index in [2.05, 4.69) is 17.6 Å². The van der Waals surface area contributed by atoms with E-state index in [0.29, 0.717) is 6.54 Å². The fourth-order valence-corrected chi connectivity index (χ4v) is 1.78. The Hall–Kier alpha value is -1.42. The maximum atomic E-state index is 12.8. The van der Waals surface area contributed by atoms with E-state index in [-0.39, 0.29) is 17.8 Å². The number of rotatable bonds is 8. The summed E-state index contributed by atoms with van der Waals surface area (Å²) >= 11 is 0. The second kappa shape index (κ2) is 8.64. The van der Waals surface area contributed by atoms with E-state index >= 15 is 0 Å². The van der Waals surface area contributed by atoms with Crippen LogP contribution in [0.1, 0.15) is 32.3 Å². The van der Waals surface area contributed by atoms with Gasteiger partial charge in [0.05, 0.1) is 6.54 Å². The molecule has 19 heavy (non-hydrogen) atoms. The van der Waals surface area contributed by atoms with Gasteiger partial charge in [0.1, 0.15) is 5.82 Å². The van der Waals surface area contributed by atoms with Gasteiger partial charge in [-0.2, -0.15) is 0 Å². The fourth-order valence-electron chi connectivity index (χ4n) is 1.78. The average Bonchev–Trinajstić information content (AvgIpc) is 2.39. The molecule has 0 fully saturated rings. The van der Waals surface area contributed by atoms with E-state index in [1.165, 1.54) is 12.1 Å². The molecule has 1 atom stereocenters. The first kappa shape index (κ1) is 15.6. The van der Waals surface area contributed by atoms with Crippen molar-refractivity contribution in [2.75, 3.05) is 13.1 Å². The van der Waals surface area contributed by atoms with E-state index in [9.17, 15) is 9.18 Å². The largest absolute Gasteiger partial charge is 0.355 e. The van der Waals surface area contributed by atoms with E-state index < -0.39 is 0 Å². The van der Waals surface area contributed by atoms with Crippen LogP contribution in [0.3, 0.4) is 0 Å². The molecule has 1 aromatic carbocycles. The van der Waals surface area contributed by atoms with Gasteiger partial charge in [0.2, 0.25) is 5.91 Å². The summed E-state index contributed by atoms with van der Waals surface area (Å²) in [4.78, 5) is 11.5. The van der Waals surface area contributed by atoms with Crippen molar-refractivity contribution in [2.24, 2.45) is 0 Å². The highest BCUT2D eigenvalue weighted by Crippen LogP contribution is 2.05. The van der Waals surface area contributed by atoms with Crippen molar-refractivity contribution >= 4 is 5.91 Å². The zero-order chi connectivity index (χ0) is 14.1. The number of hydrogen-bond donors (Lipinski definition) is 2. The number of hydrogen-bond acceptors (Lipinski definition) is 2. The van der Waals surface area contributed by atoms with Gasteiger partial charge in [-0.15, -0.1) is 0 Å². The van der Waals surface area contributed by atoms with Gasteiger partial charge in [0.25, 0.3) is 0 Å². The predicted octanol–water partition coefficient (Wildman–Crippen LogP) is 2.26. The number of carbonyl (C=O) groups is 1. The molecule has 2 N–H and O–H groups in total. The summed E-state index contributed by atoms with van der Waals surface area (Å²) in [6, 6.07) is 6.64. The van der Waals surface area contributed by atoms with Gasteiger partial charge < -0.3 is 10.6 Å². The average molecular weight is 266 g/mol. The first-order chi connectivity index (χ1) is 9.11. The van der Waals surface area contributed by atoms with Crippen LogP contribution >= 0.6 is 0 Å². The summed E-state index contributed by atoms with van der Waals surface area (Å²) < 4.78 is 12.8. The van der Waals surface area contributed by atoms with E-state index in [1.54, 1.807) is 12.1 Å². The molecule has 1 unspecified atom stereocenters. The SMILES string of the molecule is CCCCNC(=O)CNC(C)Cc1ccc(F)cc1. The summed E-state index contributed by atoms with van der Waals surface area (Å²) in [6.45, 7) is 5.17. The van der Waals surface area contributed by atoms with Crippen molar-refractivity contribution in [3.8, 4) is 0 Å². The molecule has 4 heteroatoms. The lowest BCUT2D eigenvalue weighted by atomic mass is 10.1. The third kappa shape index (κ3) is 6.91. The summed E-state index contributed by atoms with van der Waals surface area (Å²) in [7, 11) is 0. The summed E-state index contributed by atoms with van der Waals surface area (Å²) in [5.74, 6) is -0.195. The van der Waals surface area contributed by atoms with Crippen LogP contribution in [0.25, 0.3) is 0 Å². The molecule has 0 saturated carbocycles. The minimum absolute atomic E-state index is 0.0272. The van der Waals surface area contributed by atoms with Crippen LogP contribution in [-0.2, 0) is 11.2 Å². The molecule has 0 heterocycles. The van der Waals surface area contributed by atoms with Crippen molar-refractivity contribution in [2.45, 2.75) is 39.2 Å². The highest BCUT2D eigenvalue weighted by atomic mass is 19.1. The van der Waals surface area contributed by atoms with Gasteiger partial charge in [0, 0.05) is 12.6 Å². The lowest BCUT2D eigenvalue weighted by Gasteiger charge is -2.13. The Bertz CT molecular complexity index is 378. The van der Waals surface area contributed by atoms with Crippen LogP contribution in [0, 0.1) is 5.82 Å². The van der Waals surface area contributed by atoms with Gasteiger partial charge in [-0.1, -0.05) is 25.5 Å². The molecule has 0 aliphatic carbocycles. The second-order valence-electron chi connectivity index (χ2n) is 4.82. The quantitative estimate of drug-likeness (QED) is 0.709. The number of unbranched alkanes of at least 4 members (excludes halogenated alkanes) is 1. The van der Waals surface area contributed by atoms with Crippen molar-refractivity contribution < 1.29 is 9.18 Å². The van der Waals surface area contributed by atoms with Crippen molar-refractivity contribution in [3.63, 3.8) is 0 Å². The van der Waals surface area contributed by atoms with Crippen LogP contribution in [0.15, 0.2) is 24.3 Å². The molecule has 0 aliphatic rings. The zero-order valence-corrected chi connectivity index (χ0v) is 11.7. The number of halogens is 1. The molecule has 1 aromatic rings. The monoisotopic (exact) mass is 266 g/mol. The van der Waals surface area contributed by atoms with Crippen molar-refractivity contribution in [3.05, 3.63) is 35.6 Å². The number of carbonyl (C=O) groups excluding carboxylic acids is 1. The summed E-state index contributed by atoms with van der Waals surface area (Å²) in [6.07, 6.45) is 2.87. The first-order valence-electron chi connectivity index (χ1n) is 6.86. The van der Waals surface area contributed by atoms with Gasteiger partial charge >= 0.3 is 0 Å². The van der Waals surface area contributed by atoms with E-state index in [1.807, 2.05) is 6.92 Å². The predicted molar refractivity (Wildman–Crippen MR) is 75.5 cm³/mol. The third-order valence-electron chi connectivity index (χ3n) is 2.92. The lowest BCUT2D eigenvalue weighted by molar-refractivity contribution is -0.120. The van der Waals surface area contributed by atoms with E-state index in [0.717, 1.165) is 31.4 Å². The number of amides is 1. The Morgan fingerprint density at radius 1 is 1.32 bits per heavy atom. The molecule has 0 radical (unpaired) electrons. The summed E-state index contributed by atoms with van der Waals surface area (Å²) in [5, 5.41) is 6.03. The van der Waals surface area contributed by atoms with Gasteiger partial charge in [-0.05, 0) is 37.5 Å². The molecule has 0 spiro atoms. The smallest absolute Gasteiger partial charge is 0.233 e. The summed E-state index contributed by atoms with van der Waals surface area (Å²) in [5.41, 5.74) is 1.06. The van der Waals surface area contributed by atoms with Crippen LogP contribution in [0.4, 0.5) is 4.39 Å². The molecule has 0 saturated heterocycles. The van der Waals surface area contributed by atoms with Crippen molar-refractivity contribution in [1.29, 1.82) is 0 Å². The van der Waals surface area contributed by atoms with Crippen LogP contribution < -0.4 is 10.6 Å². The Kier molecular flexibility index (Phi) is 7.11. The Labute approximate surface area is 114 Å². The van der Waals surface area contributed by atoms with Gasteiger partial charge in [0.15, 0.2) is 0 Å². The molecular weight excluding hydrogens is 243 g/mol. The molecule has 1 rings (SSSR count). The molecule has 1 amide bonds. The lowest BCUT2D eigenvalue weighted by Crippen LogP contribution is -2.39. The maximum Gasteiger partial charge on any atom is 0.233 e. The molecular formula is C15H23FN2O. The van der Waals surface area contributed by atoms with E-state index in [4.69, 9.17) is 0 Å². The Morgan fingerprint density at radius 3 is 2.63 bits per heavy atom. The minimum Gasteiger partial charge on any atom is -0.355 e. The molecule has 3 nitrogen and oxygen atoms in total. The first-order valence-corrected chi connectivity index (χ1v) is 6.86. The van der Waals surface area contributed by atoms with Gasteiger partial charge in [-0.25, -0.2) is 4.39 Å². The fraction of sp³-hybridized carbons (Fsp3) is 0.533. The molecule has 0 aliphatic heterocycles. The molecule has 0 bridgehead atoms. The number of nitrogens with one attached hydrogen (secondary N) is 2. The van der Waals surface area contributed by atoms with Crippen LogP contribution in [0.5, 0.6) is 0 Å². The second-order valence-corrected chi connectivity index (χ2v) is 4.82. The minimum atomic E-state index is -0.223. The van der Waals surface area contributed by atoms with Crippen LogP contribution in [-0.4, -0.2) is 25.0 Å². The number of benzene rings is 1. The highest BCUT2D eigenvalue weighted by Gasteiger charge is 2.06. The standard InChI is InChI=1S/C15H23FN2O/c1-3-4-9-17-15(19)11-18-12(2)10-13-5-7-14(16)8-6-13/h5-8,12,18H,3-4,9-11H2,1-2H3,(H,17,19). The highest BCUT2D eigenvalue weighted by molar-refractivity contribution is 5.77. The Morgan fingerprint density at radius 2 is 2.00 bits per heavy atom. The topological polar surface area (TPSA) is 41.1 Å². The molecule has 106 valence electrons. The van der Waals surface area contributed by atoms with Crippen molar-refractivity contribution in [1.82, 2.24) is 10.6 Å². The van der Waals surface area contributed by atoms with Gasteiger partial charge in [-0.3, -0.25) is 4.79 Å². The third-order valence-corrected chi connectivity index (χ3v) is 2.92. The normalized spacial score (nSPS) is 12.2. The Balaban J connectivity index is 2.22. The molecule has 0 aromatic heterocycles.